The molecule has 96 valence electrons. The van der Waals surface area contributed by atoms with Gasteiger partial charge in [0.1, 0.15) is 17.1 Å². The number of likely N-dealkylation sites (N-methyl/N-ethyl adjacent to an activating group) is 1. The molecule has 1 N–H and O–H groups in total. The van der Waals surface area contributed by atoms with Gasteiger partial charge < -0.3 is 9.63 Å². The van der Waals surface area contributed by atoms with Crippen LogP contribution in [-0.2, 0) is 14.8 Å². The van der Waals surface area contributed by atoms with Gasteiger partial charge in [-0.05, 0) is 13.8 Å². The molecule has 1 heterocycles. The highest BCUT2D eigenvalue weighted by molar-refractivity contribution is 7.89. The van der Waals surface area contributed by atoms with Crippen molar-refractivity contribution >= 4 is 16.0 Å². The quantitative estimate of drug-likeness (QED) is 0.823. The number of hydrogen-bond donors (Lipinski definition) is 1. The van der Waals surface area contributed by atoms with Gasteiger partial charge in [-0.15, -0.1) is 0 Å². The largest absolute Gasteiger partial charge is 0.480 e. The van der Waals surface area contributed by atoms with Crippen molar-refractivity contribution in [1.82, 2.24) is 9.46 Å². The van der Waals surface area contributed by atoms with Gasteiger partial charge in [0, 0.05) is 6.54 Å². The summed E-state index contributed by atoms with van der Waals surface area (Å²) in [6.45, 7) is 4.03. The first-order valence-electron chi connectivity index (χ1n) is 4.95. The lowest BCUT2D eigenvalue weighted by Crippen LogP contribution is -2.35. The summed E-state index contributed by atoms with van der Waals surface area (Å²) in [5, 5.41) is 12.2. The Hall–Kier alpha value is -1.41. The van der Waals surface area contributed by atoms with Crippen LogP contribution in [0.25, 0.3) is 0 Å². The van der Waals surface area contributed by atoms with Gasteiger partial charge in [-0.3, -0.25) is 4.79 Å². The van der Waals surface area contributed by atoms with Crippen LogP contribution in [0.2, 0.25) is 0 Å². The zero-order chi connectivity index (χ0) is 13.2. The molecule has 1 aromatic heterocycles. The summed E-state index contributed by atoms with van der Waals surface area (Å²) >= 11 is 0. The highest BCUT2D eigenvalue weighted by Gasteiger charge is 2.31. The SMILES string of the molecule is CCN(CC(=O)O)S(=O)(=O)c1c(C)noc1C. The van der Waals surface area contributed by atoms with Gasteiger partial charge >= 0.3 is 5.97 Å². The number of sulfonamides is 1. The van der Waals surface area contributed by atoms with E-state index in [1.165, 1.54) is 13.8 Å². The maximum absolute atomic E-state index is 12.2. The van der Waals surface area contributed by atoms with Gasteiger partial charge in [0.15, 0.2) is 5.76 Å². The Kier molecular flexibility index (Phi) is 3.89. The molecule has 1 aromatic rings. The fraction of sp³-hybridized carbons (Fsp3) is 0.556. The lowest BCUT2D eigenvalue weighted by molar-refractivity contribution is -0.137. The molecule has 0 saturated carbocycles. The Morgan fingerprint density at radius 3 is 2.41 bits per heavy atom. The van der Waals surface area contributed by atoms with Gasteiger partial charge in [0.2, 0.25) is 10.0 Å². The highest BCUT2D eigenvalue weighted by atomic mass is 32.2. The Morgan fingerprint density at radius 2 is 2.06 bits per heavy atom. The molecular weight excluding hydrogens is 248 g/mol. The van der Waals surface area contributed by atoms with Crippen LogP contribution in [0.3, 0.4) is 0 Å². The van der Waals surface area contributed by atoms with Crippen LogP contribution in [0.4, 0.5) is 0 Å². The fourth-order valence-corrected chi connectivity index (χ4v) is 3.18. The van der Waals surface area contributed by atoms with E-state index in [0.29, 0.717) is 0 Å². The average Bonchev–Trinajstić information content (AvgIpc) is 2.54. The number of rotatable bonds is 5. The van der Waals surface area contributed by atoms with E-state index in [4.69, 9.17) is 9.63 Å². The van der Waals surface area contributed by atoms with Crippen LogP contribution in [0.1, 0.15) is 18.4 Å². The zero-order valence-corrected chi connectivity index (χ0v) is 10.6. The van der Waals surface area contributed by atoms with Gasteiger partial charge in [0.25, 0.3) is 0 Å². The third-order valence-electron chi connectivity index (χ3n) is 2.23. The number of aliphatic carboxylic acids is 1. The minimum Gasteiger partial charge on any atom is -0.480 e. The number of carboxylic acids is 1. The van der Waals surface area contributed by atoms with E-state index < -0.39 is 22.5 Å². The lowest BCUT2D eigenvalue weighted by Gasteiger charge is -2.17. The minimum atomic E-state index is -3.87. The van der Waals surface area contributed by atoms with Crippen molar-refractivity contribution in [3.05, 3.63) is 11.5 Å². The Balaban J connectivity index is 3.22. The van der Waals surface area contributed by atoms with E-state index in [1.807, 2.05) is 0 Å². The number of aromatic nitrogens is 1. The van der Waals surface area contributed by atoms with Gasteiger partial charge in [0.05, 0.1) is 0 Å². The van der Waals surface area contributed by atoms with E-state index in [-0.39, 0.29) is 22.9 Å². The first kappa shape index (κ1) is 13.7. The molecule has 0 radical (unpaired) electrons. The van der Waals surface area contributed by atoms with Gasteiger partial charge in [-0.2, -0.15) is 4.31 Å². The highest BCUT2D eigenvalue weighted by Crippen LogP contribution is 2.22. The van der Waals surface area contributed by atoms with Crippen molar-refractivity contribution in [1.29, 1.82) is 0 Å². The molecule has 0 aliphatic carbocycles. The molecule has 8 heteroatoms. The summed E-state index contributed by atoms with van der Waals surface area (Å²) in [7, 11) is -3.87. The molecule has 0 aromatic carbocycles. The maximum Gasteiger partial charge on any atom is 0.318 e. The first-order chi connectivity index (χ1) is 7.80. The number of aryl methyl sites for hydroxylation is 2. The van der Waals surface area contributed by atoms with Crippen LogP contribution in [0.15, 0.2) is 9.42 Å². The minimum absolute atomic E-state index is 0.0550. The second-order valence-corrected chi connectivity index (χ2v) is 5.35. The Labute approximate surface area is 99.1 Å². The third kappa shape index (κ3) is 2.64. The number of carbonyl (C=O) groups is 1. The van der Waals surface area contributed by atoms with Crippen molar-refractivity contribution in [2.24, 2.45) is 0 Å². The van der Waals surface area contributed by atoms with Crippen LogP contribution < -0.4 is 0 Å². The predicted molar refractivity (Wildman–Crippen MR) is 58.0 cm³/mol. The molecule has 17 heavy (non-hydrogen) atoms. The molecular formula is C9H14N2O5S. The molecule has 0 spiro atoms. The average molecular weight is 262 g/mol. The summed E-state index contributed by atoms with van der Waals surface area (Å²) < 4.78 is 30.0. The van der Waals surface area contributed by atoms with Crippen LogP contribution in [-0.4, -0.2) is 42.0 Å². The van der Waals surface area contributed by atoms with E-state index in [1.54, 1.807) is 6.92 Å². The first-order valence-corrected chi connectivity index (χ1v) is 6.39. The van der Waals surface area contributed by atoms with Crippen molar-refractivity contribution in [3.8, 4) is 0 Å². The monoisotopic (exact) mass is 262 g/mol. The maximum atomic E-state index is 12.2. The summed E-state index contributed by atoms with van der Waals surface area (Å²) in [5.41, 5.74) is 0.228. The van der Waals surface area contributed by atoms with Crippen LogP contribution >= 0.6 is 0 Å². The summed E-state index contributed by atoms with van der Waals surface area (Å²) in [4.78, 5) is 10.6. The molecule has 0 unspecified atom stereocenters. The second kappa shape index (κ2) is 4.84. The molecule has 0 atom stereocenters. The van der Waals surface area contributed by atoms with Gasteiger partial charge in [-0.1, -0.05) is 12.1 Å². The normalized spacial score (nSPS) is 12.0. The van der Waals surface area contributed by atoms with E-state index in [0.717, 1.165) is 4.31 Å². The summed E-state index contributed by atoms with van der Waals surface area (Å²) in [5.74, 6) is -1.05. The molecule has 0 amide bonds. The smallest absolute Gasteiger partial charge is 0.318 e. The number of nitrogens with zero attached hydrogens (tertiary/aromatic N) is 2. The molecule has 0 aliphatic heterocycles. The zero-order valence-electron chi connectivity index (χ0n) is 9.80. The van der Waals surface area contributed by atoms with E-state index >= 15 is 0 Å². The number of carboxylic acid groups (broad SMARTS) is 1. The van der Waals surface area contributed by atoms with E-state index in [9.17, 15) is 13.2 Å². The van der Waals surface area contributed by atoms with Crippen molar-refractivity contribution in [2.75, 3.05) is 13.1 Å². The van der Waals surface area contributed by atoms with Crippen molar-refractivity contribution in [2.45, 2.75) is 25.7 Å². The molecule has 7 nitrogen and oxygen atoms in total. The summed E-state index contributed by atoms with van der Waals surface area (Å²) in [6, 6.07) is 0. The molecule has 0 fully saturated rings. The Morgan fingerprint density at radius 1 is 1.47 bits per heavy atom. The van der Waals surface area contributed by atoms with Crippen LogP contribution in [0.5, 0.6) is 0 Å². The number of hydrogen-bond acceptors (Lipinski definition) is 5. The fourth-order valence-electron chi connectivity index (χ4n) is 1.49. The molecule has 0 aliphatic rings. The molecule has 0 saturated heterocycles. The third-order valence-corrected chi connectivity index (χ3v) is 4.40. The molecule has 1 rings (SSSR count). The lowest BCUT2D eigenvalue weighted by atomic mass is 10.4. The van der Waals surface area contributed by atoms with Crippen molar-refractivity contribution < 1.29 is 22.8 Å². The topological polar surface area (TPSA) is 101 Å². The van der Waals surface area contributed by atoms with Crippen molar-refractivity contribution in [3.63, 3.8) is 0 Å². The van der Waals surface area contributed by atoms with E-state index in [2.05, 4.69) is 5.16 Å². The summed E-state index contributed by atoms with van der Waals surface area (Å²) in [6.07, 6.45) is 0. The molecule has 0 bridgehead atoms. The predicted octanol–water partition coefficient (Wildman–Crippen LogP) is 0.387. The van der Waals surface area contributed by atoms with Gasteiger partial charge in [-0.25, -0.2) is 8.42 Å². The standard InChI is InChI=1S/C9H14N2O5S/c1-4-11(5-8(12)13)17(14,15)9-6(2)10-16-7(9)3/h4-5H2,1-3H3,(H,12,13). The second-order valence-electron chi connectivity index (χ2n) is 3.48. The Bertz CT molecular complexity index is 500. The van der Waals surface area contributed by atoms with Crippen LogP contribution in [0, 0.1) is 13.8 Å².